The van der Waals surface area contributed by atoms with E-state index in [0.717, 1.165) is 0 Å². The quantitative estimate of drug-likeness (QED) is 0.880. The number of ether oxygens (including phenoxy) is 2. The zero-order valence-electron chi connectivity index (χ0n) is 11.3. The van der Waals surface area contributed by atoms with Crippen LogP contribution in [0.15, 0.2) is 36.4 Å². The maximum Gasteiger partial charge on any atom is 0.129 e. The smallest absolute Gasteiger partial charge is 0.129 e. The highest BCUT2D eigenvalue weighted by molar-refractivity contribution is 6.36. The first-order chi connectivity index (χ1) is 10.1. The highest BCUT2D eigenvalue weighted by Crippen LogP contribution is 2.45. The topological polar surface area (TPSA) is 38.7 Å². The minimum absolute atomic E-state index is 0.373. The molecule has 0 saturated carbocycles. The molecule has 0 saturated heterocycles. The van der Waals surface area contributed by atoms with Gasteiger partial charge in [0.2, 0.25) is 0 Å². The molecule has 0 aliphatic carbocycles. The molecule has 21 heavy (non-hydrogen) atoms. The van der Waals surface area contributed by atoms with E-state index in [2.05, 4.69) is 0 Å². The maximum atomic E-state index is 10.4. The summed E-state index contributed by atoms with van der Waals surface area (Å²) in [5, 5.41) is 11.5. The molecule has 1 N–H and O–H groups in total. The highest BCUT2D eigenvalue weighted by Gasteiger charge is 2.30. The normalized spacial score (nSPS) is 20.6. The average Bonchev–Trinajstić information content (AvgIpc) is 2.47. The number of benzene rings is 2. The lowest BCUT2D eigenvalue weighted by Gasteiger charge is -2.31. The minimum atomic E-state index is -0.652. The van der Waals surface area contributed by atoms with E-state index in [0.29, 0.717) is 39.1 Å². The molecule has 3 nitrogen and oxygen atoms in total. The SMILES string of the molecule is COc1ccc2c(c1)[C@@H](O)CC(c1c(Cl)cccc1Cl)O2. The first-order valence-corrected chi connectivity index (χ1v) is 7.32. The number of aliphatic hydroxyl groups is 1. The Balaban J connectivity index is 1.99. The van der Waals surface area contributed by atoms with E-state index in [1.165, 1.54) is 0 Å². The van der Waals surface area contributed by atoms with Gasteiger partial charge in [-0.25, -0.2) is 0 Å². The minimum Gasteiger partial charge on any atom is -0.497 e. The molecule has 2 atom stereocenters. The number of halogens is 2. The van der Waals surface area contributed by atoms with E-state index in [1.54, 1.807) is 43.5 Å². The van der Waals surface area contributed by atoms with Crippen molar-refractivity contribution in [2.75, 3.05) is 7.11 Å². The van der Waals surface area contributed by atoms with Crippen molar-refractivity contribution in [1.29, 1.82) is 0 Å². The lowest BCUT2D eigenvalue weighted by Crippen LogP contribution is -2.19. The summed E-state index contributed by atoms with van der Waals surface area (Å²) in [4.78, 5) is 0. The Morgan fingerprint density at radius 1 is 1.19 bits per heavy atom. The van der Waals surface area contributed by atoms with Crippen molar-refractivity contribution in [3.05, 3.63) is 57.6 Å². The molecular formula is C16H14Cl2O3. The molecule has 2 aromatic rings. The second-order valence-electron chi connectivity index (χ2n) is 4.90. The Kier molecular flexibility index (Phi) is 3.98. The fourth-order valence-corrected chi connectivity index (χ4v) is 3.19. The molecule has 5 heteroatoms. The molecule has 3 rings (SSSR count). The molecule has 1 aliphatic rings. The van der Waals surface area contributed by atoms with Gasteiger partial charge in [0, 0.05) is 27.6 Å². The Morgan fingerprint density at radius 3 is 2.57 bits per heavy atom. The molecule has 1 heterocycles. The van der Waals surface area contributed by atoms with Crippen LogP contribution < -0.4 is 9.47 Å². The maximum absolute atomic E-state index is 10.4. The van der Waals surface area contributed by atoms with Crippen molar-refractivity contribution in [2.24, 2.45) is 0 Å². The summed E-state index contributed by atoms with van der Waals surface area (Å²) < 4.78 is 11.1. The van der Waals surface area contributed by atoms with Gasteiger partial charge >= 0.3 is 0 Å². The Hall–Kier alpha value is -1.42. The molecule has 110 valence electrons. The summed E-state index contributed by atoms with van der Waals surface area (Å²) >= 11 is 12.4. The van der Waals surface area contributed by atoms with Crippen LogP contribution in [0.1, 0.15) is 29.8 Å². The van der Waals surface area contributed by atoms with Gasteiger partial charge in [0.05, 0.1) is 13.2 Å². The van der Waals surface area contributed by atoms with Gasteiger partial charge < -0.3 is 14.6 Å². The van der Waals surface area contributed by atoms with Crippen LogP contribution in [-0.4, -0.2) is 12.2 Å². The van der Waals surface area contributed by atoms with Crippen LogP contribution in [-0.2, 0) is 0 Å². The monoisotopic (exact) mass is 324 g/mol. The fraction of sp³-hybridized carbons (Fsp3) is 0.250. The Morgan fingerprint density at radius 2 is 1.90 bits per heavy atom. The molecule has 1 unspecified atom stereocenters. The third-order valence-corrected chi connectivity index (χ3v) is 4.26. The Bertz CT molecular complexity index is 652. The van der Waals surface area contributed by atoms with Crippen LogP contribution in [0.25, 0.3) is 0 Å². The molecule has 0 radical (unpaired) electrons. The van der Waals surface area contributed by atoms with E-state index >= 15 is 0 Å². The Labute approximate surface area is 133 Å². The predicted molar refractivity (Wildman–Crippen MR) is 82.4 cm³/mol. The van der Waals surface area contributed by atoms with Crippen LogP contribution in [0.2, 0.25) is 10.0 Å². The van der Waals surface area contributed by atoms with Crippen molar-refractivity contribution in [3.63, 3.8) is 0 Å². The molecule has 0 spiro atoms. The zero-order chi connectivity index (χ0) is 15.0. The van der Waals surface area contributed by atoms with Gasteiger partial charge in [-0.1, -0.05) is 29.3 Å². The van der Waals surface area contributed by atoms with Crippen molar-refractivity contribution in [2.45, 2.75) is 18.6 Å². The standard InChI is InChI=1S/C16H14Cl2O3/c1-20-9-5-6-14-10(7-9)13(19)8-15(21-14)16-11(17)3-2-4-12(16)18/h2-7,13,15,19H,8H2,1H3/t13-,15?/m0/s1. The summed E-state index contributed by atoms with van der Waals surface area (Å²) in [6, 6.07) is 10.7. The van der Waals surface area contributed by atoms with E-state index in [-0.39, 0.29) is 6.10 Å². The van der Waals surface area contributed by atoms with E-state index in [1.807, 2.05) is 0 Å². The van der Waals surface area contributed by atoms with Gasteiger partial charge in [0.15, 0.2) is 0 Å². The number of hydrogen-bond donors (Lipinski definition) is 1. The van der Waals surface area contributed by atoms with Crippen LogP contribution in [0.4, 0.5) is 0 Å². The number of methoxy groups -OCH3 is 1. The van der Waals surface area contributed by atoms with Crippen LogP contribution in [0.3, 0.4) is 0 Å². The van der Waals surface area contributed by atoms with Crippen LogP contribution in [0.5, 0.6) is 11.5 Å². The molecule has 0 bridgehead atoms. The van der Waals surface area contributed by atoms with Gasteiger partial charge in [-0.2, -0.15) is 0 Å². The lowest BCUT2D eigenvalue weighted by atomic mass is 9.94. The fourth-order valence-electron chi connectivity index (χ4n) is 2.55. The molecule has 1 aliphatic heterocycles. The van der Waals surface area contributed by atoms with Crippen molar-refractivity contribution >= 4 is 23.2 Å². The number of aliphatic hydroxyl groups excluding tert-OH is 1. The van der Waals surface area contributed by atoms with Crippen molar-refractivity contribution in [1.82, 2.24) is 0 Å². The highest BCUT2D eigenvalue weighted by atomic mass is 35.5. The van der Waals surface area contributed by atoms with E-state index in [4.69, 9.17) is 32.7 Å². The summed E-state index contributed by atoms with van der Waals surface area (Å²) in [6.45, 7) is 0. The largest absolute Gasteiger partial charge is 0.497 e. The van der Waals surface area contributed by atoms with Gasteiger partial charge in [0.25, 0.3) is 0 Å². The molecule has 2 aromatic carbocycles. The third kappa shape index (κ3) is 2.69. The molecule has 0 amide bonds. The summed E-state index contributed by atoms with van der Waals surface area (Å²) in [6.07, 6.45) is -0.632. The van der Waals surface area contributed by atoms with Crippen molar-refractivity contribution < 1.29 is 14.6 Å². The van der Waals surface area contributed by atoms with Crippen molar-refractivity contribution in [3.8, 4) is 11.5 Å². The molecular weight excluding hydrogens is 311 g/mol. The lowest BCUT2D eigenvalue weighted by molar-refractivity contribution is 0.0655. The number of hydrogen-bond acceptors (Lipinski definition) is 3. The summed E-state index contributed by atoms with van der Waals surface area (Å²) in [5.74, 6) is 1.31. The number of fused-ring (bicyclic) bond motifs is 1. The molecule has 0 aromatic heterocycles. The zero-order valence-corrected chi connectivity index (χ0v) is 12.9. The number of rotatable bonds is 2. The van der Waals surface area contributed by atoms with Crippen LogP contribution >= 0.6 is 23.2 Å². The predicted octanol–water partition coefficient (Wildman–Crippen LogP) is 4.56. The average molecular weight is 325 g/mol. The summed E-state index contributed by atoms with van der Waals surface area (Å²) in [5.41, 5.74) is 1.43. The second kappa shape index (κ2) is 5.76. The second-order valence-corrected chi connectivity index (χ2v) is 5.71. The first-order valence-electron chi connectivity index (χ1n) is 6.56. The van der Waals surface area contributed by atoms with Crippen LogP contribution in [0, 0.1) is 0 Å². The van der Waals surface area contributed by atoms with E-state index < -0.39 is 6.10 Å². The third-order valence-electron chi connectivity index (χ3n) is 3.60. The van der Waals surface area contributed by atoms with E-state index in [9.17, 15) is 5.11 Å². The summed E-state index contributed by atoms with van der Waals surface area (Å²) in [7, 11) is 1.59. The van der Waals surface area contributed by atoms with Gasteiger partial charge in [0.1, 0.15) is 17.6 Å². The van der Waals surface area contributed by atoms with Gasteiger partial charge in [-0.15, -0.1) is 0 Å². The first kappa shape index (κ1) is 14.5. The van der Waals surface area contributed by atoms with Gasteiger partial charge in [-0.3, -0.25) is 0 Å². The van der Waals surface area contributed by atoms with Gasteiger partial charge in [-0.05, 0) is 30.3 Å². The molecule has 0 fully saturated rings.